The molecule has 2 aromatic rings. The number of rotatable bonds is 5. The molecule has 0 spiro atoms. The summed E-state index contributed by atoms with van der Waals surface area (Å²) in [5.41, 5.74) is 6.17. The summed E-state index contributed by atoms with van der Waals surface area (Å²) in [7, 11) is 0. The molecule has 0 saturated heterocycles. The smallest absolute Gasteiger partial charge is 0.239 e. The third kappa shape index (κ3) is 3.38. The van der Waals surface area contributed by atoms with E-state index in [1.54, 1.807) is 23.7 Å². The van der Waals surface area contributed by atoms with Gasteiger partial charge in [-0.3, -0.25) is 15.1 Å². The van der Waals surface area contributed by atoms with E-state index in [2.05, 4.69) is 26.2 Å². The lowest BCUT2D eigenvalue weighted by Crippen LogP contribution is -2.33. The van der Waals surface area contributed by atoms with E-state index in [1.807, 2.05) is 23.6 Å². The Labute approximate surface area is 117 Å². The standard InChI is InChI=1S/C12H12BrN3OS/c13-9-4-8(5-15-6-9)11(12(14)17)16-7-10-2-1-3-18-10/h1-6,11,16H,7H2,(H2,14,17). The second-order valence-electron chi connectivity index (χ2n) is 3.73. The Bertz CT molecular complexity index is 530. The van der Waals surface area contributed by atoms with Gasteiger partial charge in [0.2, 0.25) is 5.91 Å². The van der Waals surface area contributed by atoms with Crippen LogP contribution in [0.15, 0.2) is 40.4 Å². The van der Waals surface area contributed by atoms with E-state index < -0.39 is 11.9 Å². The molecule has 0 aliphatic rings. The lowest BCUT2D eigenvalue weighted by atomic mass is 10.1. The molecule has 94 valence electrons. The van der Waals surface area contributed by atoms with Crippen molar-refractivity contribution >= 4 is 33.2 Å². The van der Waals surface area contributed by atoms with Gasteiger partial charge in [0.1, 0.15) is 6.04 Å². The van der Waals surface area contributed by atoms with Crippen LogP contribution in [0.1, 0.15) is 16.5 Å². The molecule has 0 aliphatic heterocycles. The largest absolute Gasteiger partial charge is 0.368 e. The number of primary amides is 1. The van der Waals surface area contributed by atoms with Gasteiger partial charge in [0.25, 0.3) is 0 Å². The van der Waals surface area contributed by atoms with Crippen LogP contribution in [0, 0.1) is 0 Å². The number of aromatic nitrogens is 1. The molecule has 0 saturated carbocycles. The lowest BCUT2D eigenvalue weighted by Gasteiger charge is -2.15. The van der Waals surface area contributed by atoms with Crippen LogP contribution in [0.4, 0.5) is 0 Å². The maximum absolute atomic E-state index is 11.5. The van der Waals surface area contributed by atoms with Gasteiger partial charge in [-0.15, -0.1) is 11.3 Å². The molecule has 1 atom stereocenters. The highest BCUT2D eigenvalue weighted by atomic mass is 79.9. The summed E-state index contributed by atoms with van der Waals surface area (Å²) in [6.07, 6.45) is 3.31. The van der Waals surface area contributed by atoms with E-state index in [9.17, 15) is 4.79 Å². The maximum Gasteiger partial charge on any atom is 0.239 e. The Morgan fingerprint density at radius 1 is 1.56 bits per heavy atom. The first kappa shape index (κ1) is 13.2. The highest BCUT2D eigenvalue weighted by Crippen LogP contribution is 2.18. The van der Waals surface area contributed by atoms with Crippen molar-refractivity contribution in [2.45, 2.75) is 12.6 Å². The van der Waals surface area contributed by atoms with Crippen LogP contribution in [-0.4, -0.2) is 10.9 Å². The third-order valence-electron chi connectivity index (χ3n) is 2.40. The van der Waals surface area contributed by atoms with Crippen molar-refractivity contribution in [2.24, 2.45) is 5.73 Å². The first-order valence-electron chi connectivity index (χ1n) is 5.32. The highest BCUT2D eigenvalue weighted by molar-refractivity contribution is 9.10. The molecule has 1 unspecified atom stereocenters. The third-order valence-corrected chi connectivity index (χ3v) is 3.71. The predicted molar refractivity (Wildman–Crippen MR) is 75.0 cm³/mol. The van der Waals surface area contributed by atoms with Crippen molar-refractivity contribution in [3.05, 3.63) is 50.9 Å². The number of hydrogen-bond acceptors (Lipinski definition) is 4. The van der Waals surface area contributed by atoms with Gasteiger partial charge in [-0.05, 0) is 39.0 Å². The van der Waals surface area contributed by atoms with Crippen molar-refractivity contribution < 1.29 is 4.79 Å². The minimum Gasteiger partial charge on any atom is -0.368 e. The lowest BCUT2D eigenvalue weighted by molar-refractivity contribution is -0.120. The fourth-order valence-electron chi connectivity index (χ4n) is 1.58. The minimum atomic E-state index is -0.530. The Morgan fingerprint density at radius 3 is 3.00 bits per heavy atom. The number of hydrogen-bond donors (Lipinski definition) is 2. The van der Waals surface area contributed by atoms with Crippen LogP contribution in [-0.2, 0) is 11.3 Å². The number of pyridine rings is 1. The maximum atomic E-state index is 11.5. The molecule has 1 amide bonds. The zero-order valence-corrected chi connectivity index (χ0v) is 11.9. The molecule has 0 fully saturated rings. The molecule has 0 radical (unpaired) electrons. The Balaban J connectivity index is 2.11. The highest BCUT2D eigenvalue weighted by Gasteiger charge is 2.17. The summed E-state index contributed by atoms with van der Waals surface area (Å²) in [4.78, 5) is 16.7. The fraction of sp³-hybridized carbons (Fsp3) is 0.167. The zero-order valence-electron chi connectivity index (χ0n) is 9.47. The van der Waals surface area contributed by atoms with Gasteiger partial charge in [-0.25, -0.2) is 0 Å². The summed E-state index contributed by atoms with van der Waals surface area (Å²) in [6.45, 7) is 0.609. The number of carbonyl (C=O) groups excluding carboxylic acids is 1. The monoisotopic (exact) mass is 325 g/mol. The first-order valence-corrected chi connectivity index (χ1v) is 6.99. The molecule has 18 heavy (non-hydrogen) atoms. The minimum absolute atomic E-state index is 0.411. The average molecular weight is 326 g/mol. The van der Waals surface area contributed by atoms with Crippen LogP contribution in [0.5, 0.6) is 0 Å². The Hall–Kier alpha value is -1.24. The van der Waals surface area contributed by atoms with E-state index in [0.29, 0.717) is 6.54 Å². The van der Waals surface area contributed by atoms with Crippen molar-refractivity contribution in [2.75, 3.05) is 0 Å². The Morgan fingerprint density at radius 2 is 2.39 bits per heavy atom. The molecule has 6 heteroatoms. The SMILES string of the molecule is NC(=O)C(NCc1cccs1)c1cncc(Br)c1. The second-order valence-corrected chi connectivity index (χ2v) is 5.68. The summed E-state index contributed by atoms with van der Waals surface area (Å²) in [5.74, 6) is -0.411. The fourth-order valence-corrected chi connectivity index (χ4v) is 2.62. The van der Waals surface area contributed by atoms with Crippen molar-refractivity contribution in [3.63, 3.8) is 0 Å². The van der Waals surface area contributed by atoms with Crippen LogP contribution < -0.4 is 11.1 Å². The number of thiophene rings is 1. The second kappa shape index (κ2) is 6.08. The summed E-state index contributed by atoms with van der Waals surface area (Å²) in [5, 5.41) is 5.14. The number of carbonyl (C=O) groups is 1. The van der Waals surface area contributed by atoms with Crippen LogP contribution in [0.25, 0.3) is 0 Å². The quantitative estimate of drug-likeness (QED) is 0.885. The molecule has 0 aliphatic carbocycles. The van der Waals surface area contributed by atoms with Crippen molar-refractivity contribution in [3.8, 4) is 0 Å². The summed E-state index contributed by atoms with van der Waals surface area (Å²) >= 11 is 4.96. The number of halogens is 1. The predicted octanol–water partition coefficient (Wildman–Crippen LogP) is 2.22. The number of amides is 1. The van der Waals surface area contributed by atoms with Crippen molar-refractivity contribution in [1.82, 2.24) is 10.3 Å². The number of nitrogens with zero attached hydrogens (tertiary/aromatic N) is 1. The molecule has 4 nitrogen and oxygen atoms in total. The van der Waals surface area contributed by atoms with Gasteiger partial charge in [0, 0.05) is 28.3 Å². The van der Waals surface area contributed by atoms with Gasteiger partial charge < -0.3 is 5.73 Å². The average Bonchev–Trinajstić information content (AvgIpc) is 2.82. The molecule has 3 N–H and O–H groups in total. The zero-order chi connectivity index (χ0) is 13.0. The van der Waals surface area contributed by atoms with Gasteiger partial charge in [-0.1, -0.05) is 6.07 Å². The van der Waals surface area contributed by atoms with E-state index in [4.69, 9.17) is 5.73 Å². The summed E-state index contributed by atoms with van der Waals surface area (Å²) in [6, 6.07) is 5.29. The van der Waals surface area contributed by atoms with Crippen LogP contribution >= 0.6 is 27.3 Å². The van der Waals surface area contributed by atoms with Gasteiger partial charge in [0.05, 0.1) is 0 Å². The van der Waals surface area contributed by atoms with Crippen molar-refractivity contribution in [1.29, 1.82) is 0 Å². The molecule has 2 heterocycles. The van der Waals surface area contributed by atoms with Gasteiger partial charge in [-0.2, -0.15) is 0 Å². The molecular weight excluding hydrogens is 314 g/mol. The molecule has 2 aromatic heterocycles. The van der Waals surface area contributed by atoms with Crippen LogP contribution in [0.2, 0.25) is 0 Å². The number of nitrogens with two attached hydrogens (primary N) is 1. The van der Waals surface area contributed by atoms with Gasteiger partial charge >= 0.3 is 0 Å². The molecule has 0 bridgehead atoms. The van der Waals surface area contributed by atoms with E-state index >= 15 is 0 Å². The van der Waals surface area contributed by atoms with E-state index in [0.717, 1.165) is 14.9 Å². The normalized spacial score (nSPS) is 12.3. The van der Waals surface area contributed by atoms with E-state index in [-0.39, 0.29) is 0 Å². The Kier molecular flexibility index (Phi) is 4.46. The summed E-state index contributed by atoms with van der Waals surface area (Å²) < 4.78 is 0.823. The topological polar surface area (TPSA) is 68.0 Å². The van der Waals surface area contributed by atoms with E-state index in [1.165, 1.54) is 0 Å². The number of nitrogens with one attached hydrogen (secondary N) is 1. The first-order chi connectivity index (χ1) is 8.66. The molecule has 0 aromatic carbocycles. The molecular formula is C12H12BrN3OS. The van der Waals surface area contributed by atoms with Gasteiger partial charge in [0.15, 0.2) is 0 Å². The molecule has 2 rings (SSSR count). The van der Waals surface area contributed by atoms with Crippen LogP contribution in [0.3, 0.4) is 0 Å².